The molecule has 4 fully saturated rings. The topological polar surface area (TPSA) is 80.9 Å². The summed E-state index contributed by atoms with van der Waals surface area (Å²) in [5.41, 5.74) is 0.626. The van der Waals surface area contributed by atoms with E-state index in [1.807, 2.05) is 0 Å². The van der Waals surface area contributed by atoms with Crippen molar-refractivity contribution in [1.82, 2.24) is 0 Å². The fraction of sp³-hybridized carbons (Fsp3) is 0.917. The van der Waals surface area contributed by atoms with Crippen molar-refractivity contribution < 1.29 is 20.4 Å². The Balaban J connectivity index is 1.71. The minimum atomic E-state index is -0.988. The number of hydrogen-bond donors (Lipinski definition) is 4. The molecular formula is C24H40O4. The van der Waals surface area contributed by atoms with Crippen LogP contribution in [0.15, 0.2) is 12.2 Å². The first-order chi connectivity index (χ1) is 13.3. The van der Waals surface area contributed by atoms with Gasteiger partial charge in [-0.2, -0.15) is 0 Å². The van der Waals surface area contributed by atoms with Crippen LogP contribution in [0.2, 0.25) is 0 Å². The zero-order chi connectivity index (χ0) is 20.3. The summed E-state index contributed by atoms with van der Waals surface area (Å²) in [5.74, 6) is 2.43. The van der Waals surface area contributed by atoms with Gasteiger partial charge in [-0.3, -0.25) is 0 Å². The normalized spacial score (nSPS) is 50.4. The third kappa shape index (κ3) is 2.44. The van der Waals surface area contributed by atoms with Gasteiger partial charge in [-0.1, -0.05) is 26.0 Å². The molecule has 0 saturated heterocycles. The Morgan fingerprint density at radius 1 is 0.929 bits per heavy atom. The molecule has 0 aromatic carbocycles. The lowest BCUT2D eigenvalue weighted by molar-refractivity contribution is -0.191. The Kier molecular flexibility index (Phi) is 5.27. The number of aliphatic hydroxyl groups excluding tert-OH is 4. The molecule has 4 aliphatic rings. The summed E-state index contributed by atoms with van der Waals surface area (Å²) in [6.45, 7) is 8.52. The van der Waals surface area contributed by atoms with Gasteiger partial charge in [0.25, 0.3) is 0 Å². The molecule has 4 heteroatoms. The van der Waals surface area contributed by atoms with Crippen LogP contribution in [0, 0.1) is 39.9 Å². The first-order valence-corrected chi connectivity index (χ1v) is 11.5. The fourth-order valence-electron chi connectivity index (χ4n) is 9.01. The van der Waals surface area contributed by atoms with E-state index in [0.717, 1.165) is 31.6 Å². The molecule has 28 heavy (non-hydrogen) atoms. The zero-order valence-electron chi connectivity index (χ0n) is 17.7. The highest BCUT2D eigenvalue weighted by atomic mass is 16.3. The first kappa shape index (κ1) is 20.8. The monoisotopic (exact) mass is 392 g/mol. The predicted octanol–water partition coefficient (Wildman–Crippen LogP) is 3.28. The molecule has 0 bridgehead atoms. The van der Waals surface area contributed by atoms with Crippen molar-refractivity contribution in [2.75, 3.05) is 13.2 Å². The molecule has 4 rings (SSSR count). The van der Waals surface area contributed by atoms with Crippen molar-refractivity contribution in [3.8, 4) is 0 Å². The highest BCUT2D eigenvalue weighted by Gasteiger charge is 2.68. The molecule has 0 amide bonds. The molecule has 0 aromatic heterocycles. The van der Waals surface area contributed by atoms with Gasteiger partial charge in [0.05, 0.1) is 25.4 Å². The van der Waals surface area contributed by atoms with Gasteiger partial charge in [0.2, 0.25) is 0 Å². The molecular weight excluding hydrogens is 352 g/mol. The van der Waals surface area contributed by atoms with Crippen LogP contribution in [-0.2, 0) is 0 Å². The van der Waals surface area contributed by atoms with Crippen molar-refractivity contribution >= 4 is 0 Å². The van der Waals surface area contributed by atoms with Crippen LogP contribution in [0.1, 0.15) is 71.6 Å². The molecule has 4 nitrogen and oxygen atoms in total. The standard InChI is InChI=1S/C24H40O4/c1-15-5-4-6-16-7-8-17-18-10-12-24(20(27)13-25,21(28)14-26)22(18,2)11-9-19(17)23(15,16)3/h16-21,25-28H,1,4-14H2,2-3H3/t16?,17-,18-,19+,20?,21?,22-,23-,24?/m0/s1. The summed E-state index contributed by atoms with van der Waals surface area (Å²) in [4.78, 5) is 0. The molecule has 0 heterocycles. The zero-order valence-corrected chi connectivity index (χ0v) is 17.7. The van der Waals surface area contributed by atoms with Gasteiger partial charge in [-0.25, -0.2) is 0 Å². The summed E-state index contributed by atoms with van der Waals surface area (Å²) in [7, 11) is 0. The lowest BCUT2D eigenvalue weighted by Crippen LogP contribution is -2.61. The molecule has 8 atom stereocenters. The van der Waals surface area contributed by atoms with Crippen LogP contribution in [0.3, 0.4) is 0 Å². The van der Waals surface area contributed by atoms with Crippen LogP contribution in [0.25, 0.3) is 0 Å². The number of rotatable bonds is 4. The molecule has 0 radical (unpaired) electrons. The molecule has 4 N–H and O–H groups in total. The second-order valence-corrected chi connectivity index (χ2v) is 10.9. The van der Waals surface area contributed by atoms with Gasteiger partial charge < -0.3 is 20.4 Å². The number of hydrogen-bond acceptors (Lipinski definition) is 4. The third-order valence-electron chi connectivity index (χ3n) is 10.6. The van der Waals surface area contributed by atoms with Gasteiger partial charge in [0.1, 0.15) is 0 Å². The van der Waals surface area contributed by atoms with Crippen LogP contribution >= 0.6 is 0 Å². The molecule has 4 saturated carbocycles. The summed E-state index contributed by atoms with van der Waals surface area (Å²) < 4.78 is 0. The second-order valence-electron chi connectivity index (χ2n) is 10.9. The van der Waals surface area contributed by atoms with Crippen LogP contribution in [0.4, 0.5) is 0 Å². The van der Waals surface area contributed by atoms with Crippen molar-refractivity contribution in [2.24, 2.45) is 39.9 Å². The number of allylic oxidation sites excluding steroid dienone is 1. The lowest BCUT2D eigenvalue weighted by atomic mass is 9.42. The Labute approximate surface area is 170 Å². The van der Waals surface area contributed by atoms with E-state index in [4.69, 9.17) is 0 Å². The highest BCUT2D eigenvalue weighted by Crippen LogP contribution is 2.72. The maximum atomic E-state index is 10.9. The van der Waals surface area contributed by atoms with E-state index in [-0.39, 0.29) is 24.0 Å². The van der Waals surface area contributed by atoms with E-state index in [0.29, 0.717) is 24.2 Å². The maximum Gasteiger partial charge on any atom is 0.0857 e. The van der Waals surface area contributed by atoms with Crippen LogP contribution in [0.5, 0.6) is 0 Å². The van der Waals surface area contributed by atoms with Gasteiger partial charge in [0.15, 0.2) is 0 Å². The average Bonchev–Trinajstić information content (AvgIpc) is 3.01. The quantitative estimate of drug-likeness (QED) is 0.554. The van der Waals surface area contributed by atoms with Crippen LogP contribution in [-0.4, -0.2) is 45.8 Å². The number of fused-ring (bicyclic) bond motifs is 5. The Morgan fingerprint density at radius 3 is 2.21 bits per heavy atom. The smallest absolute Gasteiger partial charge is 0.0857 e. The molecule has 0 aliphatic heterocycles. The summed E-state index contributed by atoms with van der Waals surface area (Å²) in [5, 5.41) is 41.3. The third-order valence-corrected chi connectivity index (χ3v) is 10.6. The minimum Gasteiger partial charge on any atom is -0.394 e. The highest BCUT2D eigenvalue weighted by molar-refractivity contribution is 5.23. The van der Waals surface area contributed by atoms with Gasteiger partial charge in [-0.05, 0) is 92.3 Å². The summed E-state index contributed by atoms with van der Waals surface area (Å²) >= 11 is 0. The fourth-order valence-corrected chi connectivity index (χ4v) is 9.01. The first-order valence-electron chi connectivity index (χ1n) is 11.5. The Morgan fingerprint density at radius 2 is 1.57 bits per heavy atom. The van der Waals surface area contributed by atoms with E-state index in [1.54, 1.807) is 0 Å². The van der Waals surface area contributed by atoms with E-state index in [1.165, 1.54) is 31.3 Å². The molecule has 4 aliphatic carbocycles. The van der Waals surface area contributed by atoms with Crippen molar-refractivity contribution in [3.05, 3.63) is 12.2 Å². The van der Waals surface area contributed by atoms with Crippen molar-refractivity contribution in [1.29, 1.82) is 0 Å². The summed E-state index contributed by atoms with van der Waals surface area (Å²) in [6.07, 6.45) is 8.00. The van der Waals surface area contributed by atoms with Crippen molar-refractivity contribution in [3.63, 3.8) is 0 Å². The van der Waals surface area contributed by atoms with E-state index in [2.05, 4.69) is 20.4 Å². The summed E-state index contributed by atoms with van der Waals surface area (Å²) in [6, 6.07) is 0. The van der Waals surface area contributed by atoms with E-state index in [9.17, 15) is 20.4 Å². The SMILES string of the molecule is C=C1CCCC2CC[C@@H]3[C@@H](CC[C@@]4(C)[C@H]3CCC4(C(O)CO)C(O)CO)[C@@]12C. The average molecular weight is 393 g/mol. The van der Waals surface area contributed by atoms with Gasteiger partial charge >= 0.3 is 0 Å². The molecule has 3 unspecified atom stereocenters. The van der Waals surface area contributed by atoms with Crippen LogP contribution < -0.4 is 0 Å². The maximum absolute atomic E-state index is 10.9. The van der Waals surface area contributed by atoms with Gasteiger partial charge in [-0.15, -0.1) is 0 Å². The van der Waals surface area contributed by atoms with Gasteiger partial charge in [0, 0.05) is 5.41 Å². The van der Waals surface area contributed by atoms with E-state index < -0.39 is 17.6 Å². The Bertz CT molecular complexity index is 608. The largest absolute Gasteiger partial charge is 0.394 e. The Hall–Kier alpha value is -0.420. The van der Waals surface area contributed by atoms with Crippen molar-refractivity contribution in [2.45, 2.75) is 83.8 Å². The second kappa shape index (κ2) is 7.08. The lowest BCUT2D eigenvalue weighted by Gasteiger charge is -2.63. The molecule has 160 valence electrons. The minimum absolute atomic E-state index is 0.235. The predicted molar refractivity (Wildman–Crippen MR) is 109 cm³/mol. The van der Waals surface area contributed by atoms with E-state index >= 15 is 0 Å². The number of aliphatic hydroxyl groups is 4. The molecule has 0 spiro atoms. The molecule has 0 aromatic rings.